The number of carbonyl (C=O) groups is 1. The number of fused-ring (bicyclic) bond motifs is 1. The van der Waals surface area contributed by atoms with Crippen LogP contribution in [0.3, 0.4) is 0 Å². The highest BCUT2D eigenvalue weighted by atomic mass is 35.5. The van der Waals surface area contributed by atoms with Gasteiger partial charge in [0.25, 0.3) is 0 Å². The highest BCUT2D eigenvalue weighted by Gasteiger charge is 1.99. The molecular formula is C14H14ClNO2S. The number of amides is 1. The van der Waals surface area contributed by atoms with Crippen LogP contribution in [0.1, 0.15) is 6.42 Å². The molecule has 0 radical (unpaired) electrons. The third-order valence-corrected chi connectivity index (χ3v) is 3.95. The third kappa shape index (κ3) is 4.33. The van der Waals surface area contributed by atoms with Crippen LogP contribution in [0.15, 0.2) is 41.3 Å². The van der Waals surface area contributed by atoms with Crippen LogP contribution >= 0.6 is 23.4 Å². The lowest BCUT2D eigenvalue weighted by atomic mass is 10.1. The second-order valence-electron chi connectivity index (χ2n) is 4.09. The first-order valence-corrected chi connectivity index (χ1v) is 7.30. The normalized spacial score (nSPS) is 10.6. The van der Waals surface area contributed by atoms with Crippen molar-refractivity contribution in [3.63, 3.8) is 0 Å². The number of hydrogen-bond donors (Lipinski definition) is 2. The number of hydrogen-bond acceptors (Lipinski definition) is 2. The van der Waals surface area contributed by atoms with E-state index >= 15 is 0 Å². The van der Waals surface area contributed by atoms with Crippen LogP contribution < -0.4 is 5.32 Å². The molecule has 0 fully saturated rings. The second kappa shape index (κ2) is 6.68. The van der Waals surface area contributed by atoms with Gasteiger partial charge < -0.3 is 10.4 Å². The largest absolute Gasteiger partial charge is 0.465 e. The monoisotopic (exact) mass is 295 g/mol. The Hall–Kier alpha value is -1.39. The molecule has 0 bridgehead atoms. The minimum atomic E-state index is -0.965. The van der Waals surface area contributed by atoms with E-state index in [4.69, 9.17) is 16.7 Å². The zero-order valence-electron chi connectivity index (χ0n) is 10.2. The summed E-state index contributed by atoms with van der Waals surface area (Å²) >= 11 is 7.67. The molecule has 1 amide bonds. The van der Waals surface area contributed by atoms with Crippen LogP contribution in [-0.2, 0) is 0 Å². The summed E-state index contributed by atoms with van der Waals surface area (Å²) in [6.45, 7) is 0.492. The van der Waals surface area contributed by atoms with Crippen molar-refractivity contribution in [2.45, 2.75) is 11.3 Å². The molecule has 3 nitrogen and oxygen atoms in total. The first kappa shape index (κ1) is 14.0. The molecule has 0 aliphatic heterocycles. The summed E-state index contributed by atoms with van der Waals surface area (Å²) < 4.78 is 0. The molecule has 100 valence electrons. The van der Waals surface area contributed by atoms with Gasteiger partial charge in [-0.05, 0) is 47.2 Å². The van der Waals surface area contributed by atoms with Gasteiger partial charge in [0, 0.05) is 16.5 Å². The molecule has 2 rings (SSSR count). The fourth-order valence-electron chi connectivity index (χ4n) is 1.74. The van der Waals surface area contributed by atoms with Crippen LogP contribution in [0, 0.1) is 0 Å². The molecule has 0 spiro atoms. The van der Waals surface area contributed by atoms with Crippen LogP contribution in [0.2, 0.25) is 5.02 Å². The van der Waals surface area contributed by atoms with E-state index in [-0.39, 0.29) is 0 Å². The van der Waals surface area contributed by atoms with Gasteiger partial charge in [-0.25, -0.2) is 4.79 Å². The predicted molar refractivity (Wildman–Crippen MR) is 80.3 cm³/mol. The first-order valence-electron chi connectivity index (χ1n) is 5.94. The molecule has 5 heteroatoms. The lowest BCUT2D eigenvalue weighted by Gasteiger charge is -2.04. The molecule has 0 saturated heterocycles. The number of rotatable bonds is 5. The van der Waals surface area contributed by atoms with Gasteiger partial charge >= 0.3 is 6.09 Å². The van der Waals surface area contributed by atoms with Crippen molar-refractivity contribution < 1.29 is 9.90 Å². The summed E-state index contributed by atoms with van der Waals surface area (Å²) in [5.74, 6) is 0.888. The quantitative estimate of drug-likeness (QED) is 0.640. The van der Waals surface area contributed by atoms with Crippen molar-refractivity contribution in [2.24, 2.45) is 0 Å². The third-order valence-electron chi connectivity index (χ3n) is 2.64. The molecule has 0 aliphatic carbocycles. The van der Waals surface area contributed by atoms with E-state index in [2.05, 4.69) is 23.5 Å². The highest BCUT2D eigenvalue weighted by Crippen LogP contribution is 2.25. The highest BCUT2D eigenvalue weighted by molar-refractivity contribution is 7.99. The van der Waals surface area contributed by atoms with E-state index < -0.39 is 6.09 Å². The zero-order chi connectivity index (χ0) is 13.7. The number of benzene rings is 2. The van der Waals surface area contributed by atoms with Crippen molar-refractivity contribution in [3.05, 3.63) is 41.4 Å². The van der Waals surface area contributed by atoms with Crippen molar-refractivity contribution in [1.29, 1.82) is 0 Å². The Morgan fingerprint density at radius 2 is 1.95 bits per heavy atom. The Kier molecular flexibility index (Phi) is 4.93. The summed E-state index contributed by atoms with van der Waals surface area (Å²) in [4.78, 5) is 11.5. The van der Waals surface area contributed by atoms with E-state index in [0.29, 0.717) is 6.54 Å². The molecule has 19 heavy (non-hydrogen) atoms. The summed E-state index contributed by atoms with van der Waals surface area (Å²) in [5, 5.41) is 13.8. The molecule has 0 aliphatic rings. The lowest BCUT2D eigenvalue weighted by Crippen LogP contribution is -2.22. The molecule has 0 unspecified atom stereocenters. The van der Waals surface area contributed by atoms with Gasteiger partial charge in [0.1, 0.15) is 0 Å². The average molecular weight is 296 g/mol. The van der Waals surface area contributed by atoms with Gasteiger partial charge in [0.05, 0.1) is 0 Å². The van der Waals surface area contributed by atoms with Crippen LogP contribution in [0.25, 0.3) is 10.8 Å². The topological polar surface area (TPSA) is 49.3 Å². The van der Waals surface area contributed by atoms with Crippen LogP contribution in [-0.4, -0.2) is 23.5 Å². The molecule has 0 heterocycles. The summed E-state index contributed by atoms with van der Waals surface area (Å²) in [7, 11) is 0. The second-order valence-corrected chi connectivity index (χ2v) is 5.69. The molecule has 2 N–H and O–H groups in total. The lowest BCUT2D eigenvalue weighted by molar-refractivity contribution is 0.194. The van der Waals surface area contributed by atoms with Crippen molar-refractivity contribution >= 4 is 40.2 Å². The minimum absolute atomic E-state index is 0.492. The standard InChI is InChI=1S/C14H14ClNO2S/c15-12-4-2-11-9-13(5-3-10(11)8-12)19-7-1-6-16-14(17)18/h2-5,8-9,16H,1,6-7H2,(H,17,18). The number of thioether (sulfide) groups is 1. The SMILES string of the molecule is O=C(O)NCCCSc1ccc2cc(Cl)ccc2c1. The van der Waals surface area contributed by atoms with Gasteiger partial charge in [-0.15, -0.1) is 11.8 Å². The van der Waals surface area contributed by atoms with Crippen LogP contribution in [0.5, 0.6) is 0 Å². The Morgan fingerprint density at radius 3 is 2.74 bits per heavy atom. The average Bonchev–Trinajstić information content (AvgIpc) is 2.38. The molecule has 2 aromatic carbocycles. The van der Waals surface area contributed by atoms with Crippen LogP contribution in [0.4, 0.5) is 4.79 Å². The first-order chi connectivity index (χ1) is 9.15. The van der Waals surface area contributed by atoms with Gasteiger partial charge in [-0.2, -0.15) is 0 Å². The summed E-state index contributed by atoms with van der Waals surface area (Å²) in [6.07, 6.45) is -0.150. The smallest absolute Gasteiger partial charge is 0.404 e. The number of carboxylic acid groups (broad SMARTS) is 1. The van der Waals surface area contributed by atoms with Gasteiger partial charge in [-0.1, -0.05) is 23.7 Å². The Balaban J connectivity index is 1.91. The molecule has 0 saturated carbocycles. The molecular weight excluding hydrogens is 282 g/mol. The number of nitrogens with one attached hydrogen (secondary N) is 1. The fourth-order valence-corrected chi connectivity index (χ4v) is 2.82. The molecule has 0 aromatic heterocycles. The maximum absolute atomic E-state index is 10.3. The van der Waals surface area contributed by atoms with E-state index in [1.807, 2.05) is 18.2 Å². The zero-order valence-corrected chi connectivity index (χ0v) is 11.8. The Bertz CT molecular complexity index is 589. The minimum Gasteiger partial charge on any atom is -0.465 e. The molecule has 2 aromatic rings. The maximum Gasteiger partial charge on any atom is 0.404 e. The van der Waals surface area contributed by atoms with Crippen molar-refractivity contribution in [1.82, 2.24) is 5.32 Å². The van der Waals surface area contributed by atoms with E-state index in [9.17, 15) is 4.79 Å². The maximum atomic E-state index is 10.3. The summed E-state index contributed by atoms with van der Waals surface area (Å²) in [5.41, 5.74) is 0. The van der Waals surface area contributed by atoms with E-state index in [0.717, 1.165) is 28.0 Å². The predicted octanol–water partition coefficient (Wildman–Crippen LogP) is 4.24. The molecule has 0 atom stereocenters. The Morgan fingerprint density at radius 1 is 1.21 bits per heavy atom. The van der Waals surface area contributed by atoms with Gasteiger partial charge in [0.15, 0.2) is 0 Å². The Labute approximate surface area is 121 Å². The van der Waals surface area contributed by atoms with E-state index in [1.165, 1.54) is 4.90 Å². The van der Waals surface area contributed by atoms with Crippen molar-refractivity contribution in [2.75, 3.05) is 12.3 Å². The van der Waals surface area contributed by atoms with E-state index in [1.54, 1.807) is 11.8 Å². The van der Waals surface area contributed by atoms with Gasteiger partial charge in [0.2, 0.25) is 0 Å². The van der Waals surface area contributed by atoms with Gasteiger partial charge in [-0.3, -0.25) is 0 Å². The fraction of sp³-hybridized carbons (Fsp3) is 0.214. The summed E-state index contributed by atoms with van der Waals surface area (Å²) in [6, 6.07) is 12.1. The van der Waals surface area contributed by atoms with Crippen molar-refractivity contribution in [3.8, 4) is 0 Å². The number of halogens is 1.